The summed E-state index contributed by atoms with van der Waals surface area (Å²) in [5.74, 6) is 0. The first kappa shape index (κ1) is 15.6. The van der Waals surface area contributed by atoms with Crippen LogP contribution in [0.1, 0.15) is 31.9 Å². The molecule has 0 aromatic heterocycles. The molecule has 2 aromatic carbocycles. The van der Waals surface area contributed by atoms with Crippen molar-refractivity contribution in [1.29, 1.82) is 0 Å². The van der Waals surface area contributed by atoms with Gasteiger partial charge in [-0.1, -0.05) is 30.3 Å². The van der Waals surface area contributed by atoms with Crippen LogP contribution in [-0.4, -0.2) is 12.6 Å². The maximum Gasteiger partial charge on any atom is 0.0453 e. The number of rotatable bonds is 4. The van der Waals surface area contributed by atoms with Gasteiger partial charge in [0.1, 0.15) is 0 Å². The van der Waals surface area contributed by atoms with E-state index >= 15 is 0 Å². The fourth-order valence-corrected chi connectivity index (χ4v) is 2.32. The second kappa shape index (κ2) is 6.31. The van der Waals surface area contributed by atoms with Crippen molar-refractivity contribution in [2.45, 2.75) is 39.8 Å². The first-order chi connectivity index (χ1) is 9.87. The Bertz CT molecular complexity index is 597. The molecule has 0 aliphatic carbocycles. The molecule has 0 bridgehead atoms. The largest absolute Gasteiger partial charge is 0.344 e. The Balaban J connectivity index is 2.27. The standard InChI is InChI=1S/C19H26N2/c1-15-9-8-11-17(13-15)21(5)18-12-7-6-10-16(18)14-20-19(2,3)4/h6-13,20H,14H2,1-5H3. The zero-order valence-electron chi connectivity index (χ0n) is 13.8. The number of benzene rings is 2. The van der Waals surface area contributed by atoms with E-state index in [0.29, 0.717) is 0 Å². The molecule has 2 nitrogen and oxygen atoms in total. The lowest BCUT2D eigenvalue weighted by molar-refractivity contribution is 0.424. The third-order valence-electron chi connectivity index (χ3n) is 3.55. The lowest BCUT2D eigenvalue weighted by Crippen LogP contribution is -2.35. The first-order valence-corrected chi connectivity index (χ1v) is 7.50. The van der Waals surface area contributed by atoms with Crippen molar-refractivity contribution < 1.29 is 0 Å². The van der Waals surface area contributed by atoms with E-state index in [0.717, 1.165) is 6.54 Å². The number of anilines is 2. The molecule has 0 unspecified atom stereocenters. The fourth-order valence-electron chi connectivity index (χ4n) is 2.32. The van der Waals surface area contributed by atoms with Crippen LogP contribution in [-0.2, 0) is 6.54 Å². The molecule has 0 aliphatic heterocycles. The van der Waals surface area contributed by atoms with E-state index < -0.39 is 0 Å². The van der Waals surface area contributed by atoms with Crippen molar-refractivity contribution in [2.75, 3.05) is 11.9 Å². The van der Waals surface area contributed by atoms with Crippen molar-refractivity contribution in [1.82, 2.24) is 5.32 Å². The number of aryl methyl sites for hydroxylation is 1. The normalized spacial score (nSPS) is 11.5. The molecule has 112 valence electrons. The number of para-hydroxylation sites is 1. The van der Waals surface area contributed by atoms with E-state index in [4.69, 9.17) is 0 Å². The highest BCUT2D eigenvalue weighted by Gasteiger charge is 2.12. The van der Waals surface area contributed by atoms with Gasteiger partial charge < -0.3 is 10.2 Å². The van der Waals surface area contributed by atoms with Crippen LogP contribution in [0.3, 0.4) is 0 Å². The second-order valence-electron chi connectivity index (χ2n) is 6.63. The van der Waals surface area contributed by atoms with Crippen LogP contribution in [0.25, 0.3) is 0 Å². The van der Waals surface area contributed by atoms with E-state index in [1.165, 1.54) is 22.5 Å². The Morgan fingerprint density at radius 2 is 1.71 bits per heavy atom. The summed E-state index contributed by atoms with van der Waals surface area (Å²) < 4.78 is 0. The molecule has 1 N–H and O–H groups in total. The highest BCUT2D eigenvalue weighted by molar-refractivity contribution is 5.66. The minimum absolute atomic E-state index is 0.120. The summed E-state index contributed by atoms with van der Waals surface area (Å²) in [5.41, 5.74) is 5.19. The molecule has 2 rings (SSSR count). The number of nitrogens with one attached hydrogen (secondary N) is 1. The van der Waals surface area contributed by atoms with Gasteiger partial charge in [0.05, 0.1) is 0 Å². The molecule has 0 fully saturated rings. The van der Waals surface area contributed by atoms with Gasteiger partial charge in [-0.3, -0.25) is 0 Å². The topological polar surface area (TPSA) is 15.3 Å². The van der Waals surface area contributed by atoms with Gasteiger partial charge in [0.25, 0.3) is 0 Å². The number of nitrogens with zero attached hydrogens (tertiary/aromatic N) is 1. The second-order valence-corrected chi connectivity index (χ2v) is 6.63. The number of hydrogen-bond acceptors (Lipinski definition) is 2. The number of hydrogen-bond donors (Lipinski definition) is 1. The van der Waals surface area contributed by atoms with E-state index in [1.807, 2.05) is 0 Å². The van der Waals surface area contributed by atoms with Gasteiger partial charge in [-0.25, -0.2) is 0 Å². The third kappa shape index (κ3) is 4.33. The Hall–Kier alpha value is -1.80. The van der Waals surface area contributed by atoms with Gasteiger partial charge >= 0.3 is 0 Å². The highest BCUT2D eigenvalue weighted by atomic mass is 15.1. The van der Waals surface area contributed by atoms with Crippen LogP contribution in [0, 0.1) is 6.92 Å². The van der Waals surface area contributed by atoms with Gasteiger partial charge in [-0.2, -0.15) is 0 Å². The first-order valence-electron chi connectivity index (χ1n) is 7.50. The van der Waals surface area contributed by atoms with E-state index in [9.17, 15) is 0 Å². The van der Waals surface area contributed by atoms with Crippen molar-refractivity contribution in [2.24, 2.45) is 0 Å². The van der Waals surface area contributed by atoms with Crippen LogP contribution in [0.2, 0.25) is 0 Å². The quantitative estimate of drug-likeness (QED) is 0.878. The van der Waals surface area contributed by atoms with Crippen LogP contribution >= 0.6 is 0 Å². The minimum Gasteiger partial charge on any atom is -0.344 e. The molecule has 0 heterocycles. The van der Waals surface area contributed by atoms with E-state index in [1.54, 1.807) is 0 Å². The Labute approximate surface area is 128 Å². The van der Waals surface area contributed by atoms with Crippen LogP contribution in [0.5, 0.6) is 0 Å². The summed E-state index contributed by atoms with van der Waals surface area (Å²) in [6.45, 7) is 9.58. The summed E-state index contributed by atoms with van der Waals surface area (Å²) in [7, 11) is 2.13. The molecular formula is C19H26N2. The smallest absolute Gasteiger partial charge is 0.0453 e. The van der Waals surface area contributed by atoms with Gasteiger partial charge in [0.2, 0.25) is 0 Å². The molecule has 21 heavy (non-hydrogen) atoms. The molecule has 2 heteroatoms. The lowest BCUT2D eigenvalue weighted by atomic mass is 10.1. The zero-order chi connectivity index (χ0) is 15.5. The molecule has 0 amide bonds. The van der Waals surface area contributed by atoms with Gasteiger partial charge in [-0.05, 0) is 57.0 Å². The van der Waals surface area contributed by atoms with Gasteiger partial charge in [0, 0.05) is 30.5 Å². The molecule has 0 saturated heterocycles. The fraction of sp³-hybridized carbons (Fsp3) is 0.368. The zero-order valence-corrected chi connectivity index (χ0v) is 13.8. The van der Waals surface area contributed by atoms with Crippen LogP contribution in [0.4, 0.5) is 11.4 Å². The lowest BCUT2D eigenvalue weighted by Gasteiger charge is -2.26. The molecule has 2 aromatic rings. The summed E-state index contributed by atoms with van der Waals surface area (Å²) >= 11 is 0. The molecule has 0 saturated carbocycles. The maximum atomic E-state index is 3.57. The van der Waals surface area contributed by atoms with Crippen molar-refractivity contribution in [3.63, 3.8) is 0 Å². The summed E-state index contributed by atoms with van der Waals surface area (Å²) in [6.07, 6.45) is 0. The predicted molar refractivity (Wildman–Crippen MR) is 92.3 cm³/mol. The van der Waals surface area contributed by atoms with Crippen LogP contribution in [0.15, 0.2) is 48.5 Å². The van der Waals surface area contributed by atoms with E-state index in [-0.39, 0.29) is 5.54 Å². The molecular weight excluding hydrogens is 256 g/mol. The monoisotopic (exact) mass is 282 g/mol. The molecule has 0 aliphatic rings. The average Bonchev–Trinajstić information content (AvgIpc) is 2.44. The van der Waals surface area contributed by atoms with Gasteiger partial charge in [-0.15, -0.1) is 0 Å². The maximum absolute atomic E-state index is 3.57. The predicted octanol–water partition coefficient (Wildman–Crippen LogP) is 4.65. The molecule has 0 radical (unpaired) electrons. The molecule has 0 atom stereocenters. The van der Waals surface area contributed by atoms with Crippen LogP contribution < -0.4 is 10.2 Å². The summed E-state index contributed by atoms with van der Waals surface area (Å²) in [4.78, 5) is 2.26. The van der Waals surface area contributed by atoms with Crippen molar-refractivity contribution >= 4 is 11.4 Å². The highest BCUT2D eigenvalue weighted by Crippen LogP contribution is 2.27. The Kier molecular flexibility index (Phi) is 4.69. The Morgan fingerprint density at radius 3 is 2.38 bits per heavy atom. The summed E-state index contributed by atoms with van der Waals surface area (Å²) in [5, 5.41) is 3.57. The van der Waals surface area contributed by atoms with E-state index in [2.05, 4.69) is 93.5 Å². The third-order valence-corrected chi connectivity index (χ3v) is 3.55. The average molecular weight is 282 g/mol. The Morgan fingerprint density at radius 1 is 1.00 bits per heavy atom. The minimum atomic E-state index is 0.120. The molecule has 0 spiro atoms. The summed E-state index contributed by atoms with van der Waals surface area (Å²) in [6, 6.07) is 17.2. The van der Waals surface area contributed by atoms with Gasteiger partial charge in [0.15, 0.2) is 0 Å². The van der Waals surface area contributed by atoms with Crippen molar-refractivity contribution in [3.8, 4) is 0 Å². The van der Waals surface area contributed by atoms with Crippen molar-refractivity contribution in [3.05, 3.63) is 59.7 Å². The SMILES string of the molecule is Cc1cccc(N(C)c2ccccc2CNC(C)(C)C)c1.